The van der Waals surface area contributed by atoms with E-state index >= 15 is 0 Å². The van der Waals surface area contributed by atoms with Crippen molar-refractivity contribution in [3.8, 4) is 11.4 Å². The van der Waals surface area contributed by atoms with E-state index in [0.717, 1.165) is 10.0 Å². The number of rotatable bonds is 2. The summed E-state index contributed by atoms with van der Waals surface area (Å²) in [6.07, 6.45) is 0. The van der Waals surface area contributed by atoms with Crippen molar-refractivity contribution in [3.05, 3.63) is 34.6 Å². The fourth-order valence-corrected chi connectivity index (χ4v) is 1.47. The largest absolute Gasteiger partial charge is 0.322 e. The topological polar surface area (TPSA) is 67.6 Å². The lowest BCUT2D eigenvalue weighted by Gasteiger charge is -1.96. The van der Waals surface area contributed by atoms with E-state index in [2.05, 4.69) is 31.1 Å². The average molecular weight is 267 g/mol. The SMILES string of the molecule is CC(N)c1nc(-c2ccc(Br)cc2)n[nH]1. The molecule has 0 amide bonds. The van der Waals surface area contributed by atoms with Crippen molar-refractivity contribution in [2.75, 3.05) is 0 Å². The van der Waals surface area contributed by atoms with Gasteiger partial charge in [0.15, 0.2) is 5.82 Å². The molecule has 15 heavy (non-hydrogen) atoms. The molecule has 0 fully saturated rings. The van der Waals surface area contributed by atoms with Gasteiger partial charge in [-0.1, -0.05) is 28.1 Å². The van der Waals surface area contributed by atoms with E-state index in [-0.39, 0.29) is 6.04 Å². The second kappa shape index (κ2) is 4.12. The number of aromatic nitrogens is 3. The summed E-state index contributed by atoms with van der Waals surface area (Å²) >= 11 is 3.38. The predicted molar refractivity (Wildman–Crippen MR) is 62.1 cm³/mol. The second-order valence-electron chi connectivity index (χ2n) is 3.34. The van der Waals surface area contributed by atoms with E-state index in [9.17, 15) is 0 Å². The van der Waals surface area contributed by atoms with Gasteiger partial charge in [-0.2, -0.15) is 5.10 Å². The van der Waals surface area contributed by atoms with Crippen molar-refractivity contribution in [3.63, 3.8) is 0 Å². The van der Waals surface area contributed by atoms with Crippen LogP contribution in [0.1, 0.15) is 18.8 Å². The monoisotopic (exact) mass is 266 g/mol. The van der Waals surface area contributed by atoms with E-state index < -0.39 is 0 Å². The maximum absolute atomic E-state index is 5.69. The zero-order valence-electron chi connectivity index (χ0n) is 8.24. The summed E-state index contributed by atoms with van der Waals surface area (Å²) in [7, 11) is 0. The molecule has 2 aromatic rings. The van der Waals surface area contributed by atoms with E-state index in [1.54, 1.807) is 0 Å². The van der Waals surface area contributed by atoms with Crippen LogP contribution in [0.15, 0.2) is 28.7 Å². The highest BCUT2D eigenvalue weighted by Crippen LogP contribution is 2.18. The van der Waals surface area contributed by atoms with Gasteiger partial charge in [-0.25, -0.2) is 4.98 Å². The van der Waals surface area contributed by atoms with Crippen molar-refractivity contribution in [1.29, 1.82) is 0 Å². The molecule has 1 aromatic carbocycles. The average Bonchev–Trinajstić information content (AvgIpc) is 2.68. The maximum Gasteiger partial charge on any atom is 0.181 e. The third-order valence-electron chi connectivity index (χ3n) is 2.04. The lowest BCUT2D eigenvalue weighted by molar-refractivity contribution is 0.745. The molecule has 0 spiro atoms. The first-order valence-corrected chi connectivity index (χ1v) is 5.40. The second-order valence-corrected chi connectivity index (χ2v) is 4.26. The van der Waals surface area contributed by atoms with Crippen molar-refractivity contribution in [1.82, 2.24) is 15.2 Å². The number of H-pyrrole nitrogens is 1. The molecule has 2 rings (SSSR count). The Morgan fingerprint density at radius 1 is 1.33 bits per heavy atom. The van der Waals surface area contributed by atoms with E-state index in [1.807, 2.05) is 31.2 Å². The quantitative estimate of drug-likeness (QED) is 0.876. The number of nitrogens with one attached hydrogen (secondary N) is 1. The maximum atomic E-state index is 5.69. The first kappa shape index (κ1) is 10.3. The minimum atomic E-state index is -0.123. The molecule has 0 aliphatic rings. The fourth-order valence-electron chi connectivity index (χ4n) is 1.21. The molecule has 5 heteroatoms. The summed E-state index contributed by atoms with van der Waals surface area (Å²) in [6.45, 7) is 1.87. The molecule has 4 nitrogen and oxygen atoms in total. The third kappa shape index (κ3) is 2.24. The minimum Gasteiger partial charge on any atom is -0.322 e. The van der Waals surface area contributed by atoms with Crippen LogP contribution in [0.5, 0.6) is 0 Å². The van der Waals surface area contributed by atoms with Crippen LogP contribution < -0.4 is 5.73 Å². The van der Waals surface area contributed by atoms with E-state index in [4.69, 9.17) is 5.73 Å². The summed E-state index contributed by atoms with van der Waals surface area (Å²) in [6, 6.07) is 7.70. The van der Waals surface area contributed by atoms with Gasteiger partial charge in [0.25, 0.3) is 0 Å². The highest BCUT2D eigenvalue weighted by atomic mass is 79.9. The van der Waals surface area contributed by atoms with Gasteiger partial charge in [0, 0.05) is 10.0 Å². The molecule has 1 aromatic heterocycles. The zero-order valence-corrected chi connectivity index (χ0v) is 9.82. The predicted octanol–water partition coefficient (Wildman–Crippen LogP) is 2.25. The summed E-state index contributed by atoms with van der Waals surface area (Å²) in [5.74, 6) is 1.38. The Morgan fingerprint density at radius 3 is 2.53 bits per heavy atom. The van der Waals surface area contributed by atoms with Gasteiger partial charge in [-0.15, -0.1) is 0 Å². The number of benzene rings is 1. The van der Waals surface area contributed by atoms with Crippen LogP contribution in [0.25, 0.3) is 11.4 Å². The van der Waals surface area contributed by atoms with Crippen LogP contribution >= 0.6 is 15.9 Å². The molecule has 0 saturated heterocycles. The molecule has 0 aliphatic heterocycles. The van der Waals surface area contributed by atoms with Crippen LogP contribution in [0.4, 0.5) is 0 Å². The van der Waals surface area contributed by atoms with Crippen molar-refractivity contribution >= 4 is 15.9 Å². The summed E-state index contributed by atoms with van der Waals surface area (Å²) in [5, 5.41) is 6.93. The van der Waals surface area contributed by atoms with E-state index in [1.165, 1.54) is 0 Å². The van der Waals surface area contributed by atoms with Gasteiger partial charge < -0.3 is 5.73 Å². The standard InChI is InChI=1S/C10H11BrN4/c1-6(12)9-13-10(15-14-9)7-2-4-8(11)5-3-7/h2-6H,12H2,1H3,(H,13,14,15). The Labute approximate surface area is 96.0 Å². The van der Waals surface area contributed by atoms with Crippen molar-refractivity contribution < 1.29 is 0 Å². The number of halogens is 1. The van der Waals surface area contributed by atoms with Crippen LogP contribution in [0.2, 0.25) is 0 Å². The van der Waals surface area contributed by atoms with E-state index in [0.29, 0.717) is 11.6 Å². The van der Waals surface area contributed by atoms with Crippen LogP contribution in [-0.4, -0.2) is 15.2 Å². The molecule has 3 N–H and O–H groups in total. The first-order chi connectivity index (χ1) is 7.16. The highest BCUT2D eigenvalue weighted by molar-refractivity contribution is 9.10. The van der Waals surface area contributed by atoms with Gasteiger partial charge in [-0.05, 0) is 19.1 Å². The Kier molecular flexibility index (Phi) is 2.83. The number of hydrogen-bond acceptors (Lipinski definition) is 3. The molecule has 0 saturated carbocycles. The smallest absolute Gasteiger partial charge is 0.181 e. The molecular formula is C10H11BrN4. The number of aromatic amines is 1. The van der Waals surface area contributed by atoms with Crippen molar-refractivity contribution in [2.24, 2.45) is 5.73 Å². The van der Waals surface area contributed by atoms with Crippen LogP contribution in [0.3, 0.4) is 0 Å². The number of hydrogen-bond donors (Lipinski definition) is 2. The van der Waals surface area contributed by atoms with Gasteiger partial charge in [0.2, 0.25) is 0 Å². The Hall–Kier alpha value is -1.20. The Balaban J connectivity index is 2.33. The summed E-state index contributed by atoms with van der Waals surface area (Å²) in [4.78, 5) is 4.30. The van der Waals surface area contributed by atoms with Crippen molar-refractivity contribution in [2.45, 2.75) is 13.0 Å². The molecule has 0 aliphatic carbocycles. The Morgan fingerprint density at radius 2 is 2.00 bits per heavy atom. The van der Waals surface area contributed by atoms with Gasteiger partial charge in [0.05, 0.1) is 6.04 Å². The summed E-state index contributed by atoms with van der Waals surface area (Å²) < 4.78 is 1.04. The first-order valence-electron chi connectivity index (χ1n) is 4.60. The number of nitrogens with zero attached hydrogens (tertiary/aromatic N) is 2. The fraction of sp³-hybridized carbons (Fsp3) is 0.200. The van der Waals surface area contributed by atoms with Gasteiger partial charge >= 0.3 is 0 Å². The molecule has 78 valence electrons. The third-order valence-corrected chi connectivity index (χ3v) is 2.57. The Bertz CT molecular complexity index is 447. The normalized spacial score (nSPS) is 12.7. The molecule has 1 atom stereocenters. The highest BCUT2D eigenvalue weighted by Gasteiger charge is 2.08. The molecular weight excluding hydrogens is 256 g/mol. The van der Waals surface area contributed by atoms with Gasteiger partial charge in [0.1, 0.15) is 5.82 Å². The lowest BCUT2D eigenvalue weighted by Crippen LogP contribution is -2.06. The number of nitrogens with two attached hydrogens (primary N) is 1. The van der Waals surface area contributed by atoms with Gasteiger partial charge in [-0.3, -0.25) is 5.10 Å². The van der Waals surface area contributed by atoms with Crippen LogP contribution in [-0.2, 0) is 0 Å². The molecule has 0 radical (unpaired) electrons. The minimum absolute atomic E-state index is 0.123. The molecule has 1 heterocycles. The van der Waals surface area contributed by atoms with Crippen LogP contribution in [0, 0.1) is 0 Å². The molecule has 1 unspecified atom stereocenters. The zero-order chi connectivity index (χ0) is 10.8. The summed E-state index contributed by atoms with van der Waals surface area (Å²) in [5.41, 5.74) is 6.66. The molecule has 0 bridgehead atoms. The lowest BCUT2D eigenvalue weighted by atomic mass is 10.2.